The summed E-state index contributed by atoms with van der Waals surface area (Å²) in [6.45, 7) is 0.486. The highest BCUT2D eigenvalue weighted by molar-refractivity contribution is 5.87. The summed E-state index contributed by atoms with van der Waals surface area (Å²) < 4.78 is 0. The third-order valence-corrected chi connectivity index (χ3v) is 1.92. The van der Waals surface area contributed by atoms with Gasteiger partial charge < -0.3 is 5.11 Å². The number of aromatic nitrogens is 4. The molecule has 1 heterocycles. The number of carboxylic acids is 1. The molecule has 0 bridgehead atoms. The van der Waals surface area contributed by atoms with Crippen LogP contribution in [0.3, 0.4) is 0 Å². The first kappa shape index (κ1) is 9.32. The summed E-state index contributed by atoms with van der Waals surface area (Å²) in [5.74, 6) is -0.930. The highest BCUT2D eigenvalue weighted by atomic mass is 16.4. The average molecular weight is 204 g/mol. The van der Waals surface area contributed by atoms with Crippen molar-refractivity contribution in [2.45, 2.75) is 6.54 Å². The summed E-state index contributed by atoms with van der Waals surface area (Å²) in [6, 6.07) is 6.56. The highest BCUT2D eigenvalue weighted by Gasteiger charge is 2.02. The molecule has 1 N–H and O–H groups in total. The van der Waals surface area contributed by atoms with Crippen LogP contribution in [-0.4, -0.2) is 31.3 Å². The van der Waals surface area contributed by atoms with Gasteiger partial charge in [0.25, 0.3) is 0 Å². The average Bonchev–Trinajstić information content (AvgIpc) is 2.71. The number of rotatable bonds is 3. The lowest BCUT2D eigenvalue weighted by molar-refractivity contribution is 0.0697. The Labute approximate surface area is 85.2 Å². The van der Waals surface area contributed by atoms with E-state index in [1.807, 2.05) is 0 Å². The van der Waals surface area contributed by atoms with Crippen LogP contribution in [0.2, 0.25) is 0 Å². The molecule has 15 heavy (non-hydrogen) atoms. The maximum atomic E-state index is 10.6. The number of hydrogen-bond donors (Lipinski definition) is 1. The van der Waals surface area contributed by atoms with E-state index in [9.17, 15) is 4.79 Å². The Hall–Kier alpha value is -2.24. The Morgan fingerprint density at radius 2 is 2.07 bits per heavy atom. The molecule has 6 heteroatoms. The van der Waals surface area contributed by atoms with Crippen LogP contribution in [0.15, 0.2) is 30.6 Å². The molecule has 0 aliphatic rings. The molecule has 0 aliphatic carbocycles. The lowest BCUT2D eigenvalue weighted by atomic mass is 10.1. The van der Waals surface area contributed by atoms with Gasteiger partial charge in [-0.15, -0.1) is 10.2 Å². The Balaban J connectivity index is 2.14. The zero-order chi connectivity index (χ0) is 10.7. The summed E-state index contributed by atoms with van der Waals surface area (Å²) in [6.07, 6.45) is 1.35. The predicted octanol–water partition coefficient (Wildman–Crippen LogP) is 0.420. The number of aromatic carboxylic acids is 1. The van der Waals surface area contributed by atoms with Gasteiger partial charge in [-0.25, -0.2) is 4.79 Å². The lowest BCUT2D eigenvalue weighted by Crippen LogP contribution is -2.04. The monoisotopic (exact) mass is 204 g/mol. The molecule has 1 aromatic carbocycles. The third-order valence-electron chi connectivity index (χ3n) is 1.92. The Bertz CT molecular complexity index is 449. The maximum Gasteiger partial charge on any atom is 0.335 e. The van der Waals surface area contributed by atoms with Gasteiger partial charge in [0.15, 0.2) is 6.33 Å². The summed E-state index contributed by atoms with van der Waals surface area (Å²) in [5.41, 5.74) is 1.20. The van der Waals surface area contributed by atoms with Crippen molar-refractivity contribution in [3.05, 3.63) is 41.7 Å². The summed E-state index contributed by atoms with van der Waals surface area (Å²) >= 11 is 0. The molecule has 2 rings (SSSR count). The first-order chi connectivity index (χ1) is 7.25. The molecule has 6 nitrogen and oxygen atoms in total. The zero-order valence-corrected chi connectivity index (χ0v) is 7.74. The maximum absolute atomic E-state index is 10.6. The van der Waals surface area contributed by atoms with Crippen LogP contribution in [0, 0.1) is 0 Å². The van der Waals surface area contributed by atoms with Crippen LogP contribution in [0.5, 0.6) is 0 Å². The van der Waals surface area contributed by atoms with Crippen molar-refractivity contribution < 1.29 is 9.90 Å². The highest BCUT2D eigenvalue weighted by Crippen LogP contribution is 2.05. The Kier molecular flexibility index (Phi) is 2.40. The van der Waals surface area contributed by atoms with Gasteiger partial charge in [0, 0.05) is 0 Å². The standard InChI is InChI=1S/C9H8N4O2/c14-9(15)8-3-1-7(2-4-8)5-13-11-6-10-12-13/h1-4,6H,5H2,(H,14,15). The van der Waals surface area contributed by atoms with Gasteiger partial charge in [-0.2, -0.15) is 4.80 Å². The number of carboxylic acid groups (broad SMARTS) is 1. The summed E-state index contributed by atoms with van der Waals surface area (Å²) in [7, 11) is 0. The van der Waals surface area contributed by atoms with Crippen molar-refractivity contribution in [2.24, 2.45) is 0 Å². The van der Waals surface area contributed by atoms with Crippen molar-refractivity contribution in [3.8, 4) is 0 Å². The minimum Gasteiger partial charge on any atom is -0.478 e. The molecule has 0 spiro atoms. The van der Waals surface area contributed by atoms with Gasteiger partial charge in [0.1, 0.15) is 0 Å². The van der Waals surface area contributed by atoms with Crippen LogP contribution < -0.4 is 0 Å². The molecule has 0 saturated carbocycles. The molecule has 0 fully saturated rings. The smallest absolute Gasteiger partial charge is 0.335 e. The largest absolute Gasteiger partial charge is 0.478 e. The molecule has 0 aliphatic heterocycles. The van der Waals surface area contributed by atoms with E-state index in [1.54, 1.807) is 24.3 Å². The van der Waals surface area contributed by atoms with Crippen molar-refractivity contribution in [3.63, 3.8) is 0 Å². The second-order valence-electron chi connectivity index (χ2n) is 2.97. The van der Waals surface area contributed by atoms with Gasteiger partial charge in [-0.3, -0.25) is 0 Å². The van der Waals surface area contributed by atoms with E-state index >= 15 is 0 Å². The van der Waals surface area contributed by atoms with Crippen molar-refractivity contribution in [1.29, 1.82) is 0 Å². The fourth-order valence-corrected chi connectivity index (χ4v) is 1.18. The molecule has 0 saturated heterocycles. The summed E-state index contributed by atoms with van der Waals surface area (Å²) in [5, 5.41) is 19.8. The molecular formula is C9H8N4O2. The van der Waals surface area contributed by atoms with E-state index in [-0.39, 0.29) is 5.56 Å². The van der Waals surface area contributed by atoms with E-state index in [1.165, 1.54) is 11.1 Å². The number of nitrogens with zero attached hydrogens (tertiary/aromatic N) is 4. The van der Waals surface area contributed by atoms with E-state index in [2.05, 4.69) is 15.4 Å². The number of carbonyl (C=O) groups is 1. The van der Waals surface area contributed by atoms with Crippen LogP contribution >= 0.6 is 0 Å². The molecule has 2 aromatic rings. The van der Waals surface area contributed by atoms with E-state index in [0.717, 1.165) is 5.56 Å². The van der Waals surface area contributed by atoms with Crippen LogP contribution in [0.25, 0.3) is 0 Å². The Morgan fingerprint density at radius 1 is 1.33 bits per heavy atom. The quantitative estimate of drug-likeness (QED) is 0.783. The fourth-order valence-electron chi connectivity index (χ4n) is 1.18. The number of benzene rings is 1. The molecule has 0 amide bonds. The molecule has 76 valence electrons. The first-order valence-electron chi connectivity index (χ1n) is 4.29. The molecule has 0 radical (unpaired) electrons. The van der Waals surface area contributed by atoms with Crippen molar-refractivity contribution in [2.75, 3.05) is 0 Å². The normalized spacial score (nSPS) is 10.1. The van der Waals surface area contributed by atoms with Gasteiger partial charge in [0.05, 0.1) is 12.1 Å². The van der Waals surface area contributed by atoms with Crippen molar-refractivity contribution >= 4 is 5.97 Å². The van der Waals surface area contributed by atoms with Gasteiger partial charge >= 0.3 is 5.97 Å². The number of hydrogen-bond acceptors (Lipinski definition) is 4. The SMILES string of the molecule is O=C(O)c1ccc(Cn2ncnn2)cc1. The van der Waals surface area contributed by atoms with Crippen LogP contribution in [-0.2, 0) is 6.54 Å². The second kappa shape index (κ2) is 3.87. The van der Waals surface area contributed by atoms with E-state index in [0.29, 0.717) is 6.54 Å². The minimum atomic E-state index is -0.930. The zero-order valence-electron chi connectivity index (χ0n) is 7.74. The molecule has 1 aromatic heterocycles. The van der Waals surface area contributed by atoms with Crippen molar-refractivity contribution in [1.82, 2.24) is 20.2 Å². The second-order valence-corrected chi connectivity index (χ2v) is 2.97. The molecule has 0 atom stereocenters. The van der Waals surface area contributed by atoms with Crippen LogP contribution in [0.4, 0.5) is 0 Å². The van der Waals surface area contributed by atoms with Crippen LogP contribution in [0.1, 0.15) is 15.9 Å². The van der Waals surface area contributed by atoms with Gasteiger partial charge in [0.2, 0.25) is 0 Å². The van der Waals surface area contributed by atoms with Gasteiger partial charge in [-0.1, -0.05) is 12.1 Å². The third kappa shape index (κ3) is 2.16. The topological polar surface area (TPSA) is 80.9 Å². The van der Waals surface area contributed by atoms with E-state index in [4.69, 9.17) is 5.11 Å². The summed E-state index contributed by atoms with van der Waals surface area (Å²) in [4.78, 5) is 12.0. The first-order valence-corrected chi connectivity index (χ1v) is 4.29. The number of tetrazole rings is 1. The van der Waals surface area contributed by atoms with E-state index < -0.39 is 5.97 Å². The van der Waals surface area contributed by atoms with Gasteiger partial charge in [-0.05, 0) is 22.9 Å². The Morgan fingerprint density at radius 3 is 2.60 bits per heavy atom. The molecular weight excluding hydrogens is 196 g/mol. The minimum absolute atomic E-state index is 0.269. The lowest BCUT2D eigenvalue weighted by Gasteiger charge is -1.99. The predicted molar refractivity (Wildman–Crippen MR) is 50.3 cm³/mol. The molecule has 0 unspecified atom stereocenters. The fraction of sp³-hybridized carbons (Fsp3) is 0.111.